The van der Waals surface area contributed by atoms with Crippen molar-refractivity contribution < 1.29 is 0 Å². The maximum Gasteiger partial charge on any atom is 0.180 e. The van der Waals surface area contributed by atoms with Crippen LogP contribution in [0, 0.1) is 5.92 Å². The van der Waals surface area contributed by atoms with E-state index in [-0.39, 0.29) is 12.4 Å². The molecule has 2 aromatic heterocycles. The fraction of sp³-hybridized carbons (Fsp3) is 0.542. The van der Waals surface area contributed by atoms with Gasteiger partial charge in [0.2, 0.25) is 0 Å². The molecule has 0 saturated carbocycles. The molecule has 168 valence electrons. The van der Waals surface area contributed by atoms with Crippen molar-refractivity contribution in [2.45, 2.75) is 51.5 Å². The normalized spacial score (nSPS) is 19.5. The highest BCUT2D eigenvalue weighted by Crippen LogP contribution is 2.34. The summed E-state index contributed by atoms with van der Waals surface area (Å²) in [6.07, 6.45) is 7.29. The predicted molar refractivity (Wildman–Crippen MR) is 138 cm³/mol. The minimum absolute atomic E-state index is 0. The molecule has 2 N–H and O–H groups in total. The molecule has 7 heteroatoms. The van der Waals surface area contributed by atoms with Crippen molar-refractivity contribution in [2.75, 3.05) is 36.8 Å². The minimum atomic E-state index is 0. The molecular weight excluding hydrogens is 444 g/mol. The number of halogens is 1. The Hall–Kier alpha value is -1.34. The van der Waals surface area contributed by atoms with Gasteiger partial charge in [-0.15, -0.1) is 35.1 Å². The predicted octanol–water partition coefficient (Wildman–Crippen LogP) is 5.85. The van der Waals surface area contributed by atoms with E-state index in [1.807, 2.05) is 11.3 Å². The van der Waals surface area contributed by atoms with E-state index in [9.17, 15) is 0 Å². The van der Waals surface area contributed by atoms with Gasteiger partial charge in [0.05, 0.1) is 5.69 Å². The highest BCUT2D eigenvalue weighted by molar-refractivity contribution is 7.17. The molecule has 0 radical (unpaired) electrons. The molecule has 0 amide bonds. The molecule has 31 heavy (non-hydrogen) atoms. The zero-order chi connectivity index (χ0) is 20.5. The van der Waals surface area contributed by atoms with Gasteiger partial charge >= 0.3 is 0 Å². The van der Waals surface area contributed by atoms with Crippen LogP contribution in [0.4, 0.5) is 10.8 Å². The number of hydrogen-bond acceptors (Lipinski definition) is 6. The van der Waals surface area contributed by atoms with Gasteiger partial charge in [-0.2, -0.15) is 0 Å². The van der Waals surface area contributed by atoms with Crippen LogP contribution < -0.4 is 10.6 Å². The number of thiophene rings is 1. The first kappa shape index (κ1) is 22.8. The van der Waals surface area contributed by atoms with Gasteiger partial charge in [0.1, 0.15) is 0 Å². The summed E-state index contributed by atoms with van der Waals surface area (Å²) >= 11 is 3.56. The summed E-state index contributed by atoms with van der Waals surface area (Å²) in [7, 11) is 0. The van der Waals surface area contributed by atoms with E-state index in [0.29, 0.717) is 6.04 Å². The van der Waals surface area contributed by atoms with E-state index in [4.69, 9.17) is 5.73 Å². The molecule has 1 saturated heterocycles. The Bertz CT molecular complexity index is 993. The van der Waals surface area contributed by atoms with Crippen molar-refractivity contribution in [2.24, 2.45) is 5.92 Å². The zero-order valence-corrected chi connectivity index (χ0v) is 20.7. The van der Waals surface area contributed by atoms with E-state index in [2.05, 4.69) is 51.4 Å². The van der Waals surface area contributed by atoms with Crippen LogP contribution in [0.15, 0.2) is 29.6 Å². The number of aryl methyl sites for hydroxylation is 1. The number of rotatable bonds is 6. The summed E-state index contributed by atoms with van der Waals surface area (Å²) in [5.41, 5.74) is 8.66. The molecule has 0 bridgehead atoms. The number of nitrogens with zero attached hydrogens (tertiary/aromatic N) is 3. The van der Waals surface area contributed by atoms with Crippen LogP contribution in [-0.4, -0.2) is 42.1 Å². The Labute approximate surface area is 199 Å². The number of nitrogen functional groups attached to an aromatic ring is 1. The number of nitrogens with two attached hydrogens (primary N) is 1. The summed E-state index contributed by atoms with van der Waals surface area (Å²) in [6, 6.07) is 9.71. The Kier molecular flexibility index (Phi) is 7.42. The summed E-state index contributed by atoms with van der Waals surface area (Å²) in [6.45, 7) is 7.14. The highest BCUT2D eigenvalue weighted by atomic mass is 35.5. The number of aromatic nitrogens is 1. The summed E-state index contributed by atoms with van der Waals surface area (Å²) < 4.78 is 1.41. The fourth-order valence-electron chi connectivity index (χ4n) is 5.34. The van der Waals surface area contributed by atoms with Crippen molar-refractivity contribution in [1.82, 2.24) is 9.88 Å². The number of anilines is 2. The highest BCUT2D eigenvalue weighted by Gasteiger charge is 2.29. The number of hydrogen-bond donors (Lipinski definition) is 1. The molecule has 2 aliphatic rings. The SMILES string of the molecule is CCCN(CC1CCN(c2cccc3sccc23)CC1)C1CCc2nc(N)sc2C1.Cl. The Balaban J connectivity index is 0.00000231. The first-order valence-corrected chi connectivity index (χ1v) is 13.1. The number of thiazole rings is 1. The van der Waals surface area contributed by atoms with Crippen LogP contribution >= 0.6 is 35.1 Å². The van der Waals surface area contributed by atoms with Crippen molar-refractivity contribution in [3.05, 3.63) is 40.2 Å². The summed E-state index contributed by atoms with van der Waals surface area (Å²) in [5.74, 6) is 0.808. The second kappa shape index (κ2) is 10.1. The maximum absolute atomic E-state index is 5.97. The molecule has 3 aromatic rings. The Morgan fingerprint density at radius 3 is 2.84 bits per heavy atom. The molecule has 3 heterocycles. The van der Waals surface area contributed by atoms with Crippen LogP contribution in [0.2, 0.25) is 0 Å². The molecule has 1 aliphatic carbocycles. The van der Waals surface area contributed by atoms with E-state index in [1.165, 1.54) is 78.2 Å². The van der Waals surface area contributed by atoms with Gasteiger partial charge in [0, 0.05) is 46.3 Å². The molecule has 4 nitrogen and oxygen atoms in total. The summed E-state index contributed by atoms with van der Waals surface area (Å²) in [4.78, 5) is 11.4. The molecule has 1 aliphatic heterocycles. The molecule has 1 unspecified atom stereocenters. The largest absolute Gasteiger partial charge is 0.375 e. The minimum Gasteiger partial charge on any atom is -0.375 e. The number of benzene rings is 1. The topological polar surface area (TPSA) is 45.4 Å². The summed E-state index contributed by atoms with van der Waals surface area (Å²) in [5, 5.41) is 4.39. The molecule has 1 atom stereocenters. The average molecular weight is 477 g/mol. The Morgan fingerprint density at radius 2 is 2.03 bits per heavy atom. The molecule has 1 aromatic carbocycles. The number of piperidine rings is 1. The second-order valence-corrected chi connectivity index (χ2v) is 10.9. The van der Waals surface area contributed by atoms with Crippen molar-refractivity contribution in [1.29, 1.82) is 0 Å². The third-order valence-corrected chi connectivity index (χ3v) is 8.71. The standard InChI is InChI=1S/C24H32N4S2.ClH/c1-2-11-28(18-6-7-20-23(15-18)30-24(25)26-20)16-17-8-12-27(13-9-17)21-4-3-5-22-19(21)10-14-29-22;/h3-5,10,14,17-18H,2,6-9,11-13,15-16H2,1H3,(H2,25,26);1H. The quantitative estimate of drug-likeness (QED) is 0.484. The van der Waals surface area contributed by atoms with Gasteiger partial charge < -0.3 is 10.6 Å². The lowest BCUT2D eigenvalue weighted by Gasteiger charge is -2.39. The van der Waals surface area contributed by atoms with Crippen molar-refractivity contribution in [3.8, 4) is 0 Å². The lowest BCUT2D eigenvalue weighted by molar-refractivity contribution is 0.143. The third kappa shape index (κ3) is 4.87. The third-order valence-electron chi connectivity index (χ3n) is 6.88. The van der Waals surface area contributed by atoms with Gasteiger partial charge in [0.15, 0.2) is 5.13 Å². The number of fused-ring (bicyclic) bond motifs is 2. The van der Waals surface area contributed by atoms with E-state index in [1.54, 1.807) is 11.3 Å². The van der Waals surface area contributed by atoms with Crippen LogP contribution in [0.3, 0.4) is 0 Å². The van der Waals surface area contributed by atoms with Crippen LogP contribution in [0.25, 0.3) is 10.1 Å². The first-order chi connectivity index (χ1) is 14.7. The molecule has 0 spiro atoms. The zero-order valence-electron chi connectivity index (χ0n) is 18.3. The lowest BCUT2D eigenvalue weighted by Crippen LogP contribution is -2.45. The van der Waals surface area contributed by atoms with Crippen molar-refractivity contribution in [3.63, 3.8) is 0 Å². The van der Waals surface area contributed by atoms with Gasteiger partial charge in [0.25, 0.3) is 0 Å². The second-order valence-electron chi connectivity index (χ2n) is 8.85. The van der Waals surface area contributed by atoms with Crippen LogP contribution in [0.1, 0.15) is 43.2 Å². The lowest BCUT2D eigenvalue weighted by atomic mass is 9.91. The van der Waals surface area contributed by atoms with Gasteiger partial charge in [-0.3, -0.25) is 4.90 Å². The van der Waals surface area contributed by atoms with E-state index in [0.717, 1.165) is 23.9 Å². The van der Waals surface area contributed by atoms with Gasteiger partial charge in [-0.05, 0) is 74.6 Å². The molecule has 5 rings (SSSR count). The van der Waals surface area contributed by atoms with Crippen LogP contribution in [0.5, 0.6) is 0 Å². The first-order valence-electron chi connectivity index (χ1n) is 11.4. The smallest absolute Gasteiger partial charge is 0.180 e. The van der Waals surface area contributed by atoms with Crippen molar-refractivity contribution >= 4 is 56.0 Å². The van der Waals surface area contributed by atoms with E-state index >= 15 is 0 Å². The molecular formula is C24H33ClN4S2. The van der Waals surface area contributed by atoms with Crippen LogP contribution in [-0.2, 0) is 12.8 Å². The van der Waals surface area contributed by atoms with Gasteiger partial charge in [-0.1, -0.05) is 13.0 Å². The van der Waals surface area contributed by atoms with Gasteiger partial charge in [-0.25, -0.2) is 4.98 Å². The Morgan fingerprint density at radius 1 is 1.19 bits per heavy atom. The average Bonchev–Trinajstić information content (AvgIpc) is 3.38. The molecule has 1 fully saturated rings. The maximum atomic E-state index is 5.97. The van der Waals surface area contributed by atoms with E-state index < -0.39 is 0 Å². The monoisotopic (exact) mass is 476 g/mol. The fourth-order valence-corrected chi connectivity index (χ4v) is 7.10.